The Morgan fingerprint density at radius 3 is 1.71 bits per heavy atom. The first kappa shape index (κ1) is 12.8. The van der Waals surface area contributed by atoms with Gasteiger partial charge in [0.2, 0.25) is 0 Å². The van der Waals surface area contributed by atoms with Crippen LogP contribution >= 0.6 is 0 Å². The van der Waals surface area contributed by atoms with Crippen molar-refractivity contribution >= 4 is 5.97 Å². The summed E-state index contributed by atoms with van der Waals surface area (Å²) >= 11 is 0. The highest BCUT2D eigenvalue weighted by Crippen LogP contribution is 2.07. The van der Waals surface area contributed by atoms with Crippen LogP contribution in [-0.4, -0.2) is 17.7 Å². The molecule has 0 heterocycles. The van der Waals surface area contributed by atoms with Gasteiger partial charge in [-0.1, -0.05) is 54.6 Å². The molecule has 3 heteroatoms. The first-order valence-electron chi connectivity index (χ1n) is 5.18. The maximum atomic E-state index is 10.0. The Bertz CT molecular complexity index is 385. The minimum atomic E-state index is -0.964. The predicted molar refractivity (Wildman–Crippen MR) is 66.0 cm³/mol. The zero-order valence-electron chi connectivity index (χ0n) is 9.32. The fraction of sp³-hybridized carbons (Fsp3) is 0.0714. The molecule has 17 heavy (non-hydrogen) atoms. The Kier molecular flexibility index (Phi) is 5.96. The first-order chi connectivity index (χ1) is 8.29. The molecule has 2 rings (SSSR count). The molecule has 0 aliphatic rings. The van der Waals surface area contributed by atoms with Gasteiger partial charge in [0.05, 0.1) is 0 Å². The second kappa shape index (κ2) is 7.93. The SMILES string of the molecule is O=C(O)COc1ccccc1.c1ccccc1. The van der Waals surface area contributed by atoms with Crippen LogP contribution in [0.1, 0.15) is 0 Å². The standard InChI is InChI=1S/C8H8O3.C6H6/c9-8(10)6-11-7-4-2-1-3-5-7;1-2-4-6-5-3-1/h1-5H,6H2,(H,9,10);1-6H. The summed E-state index contributed by atoms with van der Waals surface area (Å²) in [6.45, 7) is -0.288. The number of hydrogen-bond donors (Lipinski definition) is 1. The third-order valence-electron chi connectivity index (χ3n) is 1.77. The second-order valence-corrected chi connectivity index (χ2v) is 3.15. The van der Waals surface area contributed by atoms with Gasteiger partial charge in [-0.25, -0.2) is 4.79 Å². The van der Waals surface area contributed by atoms with Crippen LogP contribution in [0.2, 0.25) is 0 Å². The van der Waals surface area contributed by atoms with E-state index in [0.29, 0.717) is 5.75 Å². The lowest BCUT2D eigenvalue weighted by molar-refractivity contribution is -0.139. The van der Waals surface area contributed by atoms with E-state index in [-0.39, 0.29) is 6.61 Å². The van der Waals surface area contributed by atoms with E-state index < -0.39 is 5.97 Å². The Morgan fingerprint density at radius 1 is 0.882 bits per heavy atom. The highest BCUT2D eigenvalue weighted by molar-refractivity contribution is 5.68. The number of hydrogen-bond acceptors (Lipinski definition) is 2. The molecule has 3 nitrogen and oxygen atoms in total. The second-order valence-electron chi connectivity index (χ2n) is 3.15. The van der Waals surface area contributed by atoms with Crippen LogP contribution in [0, 0.1) is 0 Å². The molecule has 0 bridgehead atoms. The van der Waals surface area contributed by atoms with Gasteiger partial charge in [-0.15, -0.1) is 0 Å². The third-order valence-corrected chi connectivity index (χ3v) is 1.77. The van der Waals surface area contributed by atoms with Crippen molar-refractivity contribution in [1.29, 1.82) is 0 Å². The molecule has 0 aliphatic heterocycles. The molecule has 0 amide bonds. The zero-order valence-corrected chi connectivity index (χ0v) is 9.32. The molecule has 0 atom stereocenters. The monoisotopic (exact) mass is 230 g/mol. The molecule has 0 radical (unpaired) electrons. The normalized spacial score (nSPS) is 8.71. The summed E-state index contributed by atoms with van der Waals surface area (Å²) in [5.74, 6) is -0.385. The van der Waals surface area contributed by atoms with Crippen molar-refractivity contribution in [2.24, 2.45) is 0 Å². The molecule has 2 aromatic carbocycles. The van der Waals surface area contributed by atoms with Crippen LogP contribution < -0.4 is 4.74 Å². The molecule has 0 unspecified atom stereocenters. The molecular weight excluding hydrogens is 216 g/mol. The number of aliphatic carboxylic acids is 1. The van der Waals surface area contributed by atoms with E-state index in [1.165, 1.54) is 0 Å². The summed E-state index contributed by atoms with van der Waals surface area (Å²) in [4.78, 5) is 10.0. The predicted octanol–water partition coefficient (Wildman–Crippen LogP) is 2.84. The molecule has 0 aliphatic carbocycles. The highest BCUT2D eigenvalue weighted by atomic mass is 16.5. The van der Waals surface area contributed by atoms with Crippen molar-refractivity contribution in [2.45, 2.75) is 0 Å². The molecule has 0 spiro atoms. The van der Waals surface area contributed by atoms with E-state index in [1.807, 2.05) is 42.5 Å². The zero-order chi connectivity index (χ0) is 12.3. The molecule has 0 aromatic heterocycles. The molecule has 0 fully saturated rings. The lowest BCUT2D eigenvalue weighted by Gasteiger charge is -2.00. The van der Waals surface area contributed by atoms with Gasteiger partial charge in [0, 0.05) is 0 Å². The first-order valence-corrected chi connectivity index (χ1v) is 5.18. The van der Waals surface area contributed by atoms with E-state index >= 15 is 0 Å². The van der Waals surface area contributed by atoms with Gasteiger partial charge in [-0.05, 0) is 12.1 Å². The van der Waals surface area contributed by atoms with Gasteiger partial charge in [-0.3, -0.25) is 0 Å². The largest absolute Gasteiger partial charge is 0.482 e. The smallest absolute Gasteiger partial charge is 0.341 e. The summed E-state index contributed by atoms with van der Waals surface area (Å²) in [6, 6.07) is 20.8. The average molecular weight is 230 g/mol. The van der Waals surface area contributed by atoms with E-state index in [2.05, 4.69) is 0 Å². The summed E-state index contributed by atoms with van der Waals surface area (Å²) in [5.41, 5.74) is 0. The fourth-order valence-corrected chi connectivity index (χ4v) is 1.05. The topological polar surface area (TPSA) is 46.5 Å². The van der Waals surface area contributed by atoms with Gasteiger partial charge in [0.15, 0.2) is 6.61 Å². The van der Waals surface area contributed by atoms with E-state index in [4.69, 9.17) is 9.84 Å². The van der Waals surface area contributed by atoms with E-state index in [0.717, 1.165) is 0 Å². The van der Waals surface area contributed by atoms with E-state index in [1.54, 1.807) is 24.3 Å². The molecule has 88 valence electrons. The number of benzene rings is 2. The van der Waals surface area contributed by atoms with Crippen molar-refractivity contribution in [3.8, 4) is 5.75 Å². The van der Waals surface area contributed by atoms with Crippen LogP contribution in [0.15, 0.2) is 66.7 Å². The van der Waals surface area contributed by atoms with Crippen LogP contribution in [0.5, 0.6) is 5.75 Å². The number of carboxylic acids is 1. The van der Waals surface area contributed by atoms with Crippen molar-refractivity contribution in [3.05, 3.63) is 66.7 Å². The van der Waals surface area contributed by atoms with Gasteiger partial charge in [-0.2, -0.15) is 0 Å². The maximum absolute atomic E-state index is 10.0. The number of carboxylic acid groups (broad SMARTS) is 1. The summed E-state index contributed by atoms with van der Waals surface area (Å²) in [7, 11) is 0. The van der Waals surface area contributed by atoms with Crippen molar-refractivity contribution in [1.82, 2.24) is 0 Å². The van der Waals surface area contributed by atoms with Crippen LogP contribution in [0.3, 0.4) is 0 Å². The molecule has 0 saturated carbocycles. The Hall–Kier alpha value is -2.29. The van der Waals surface area contributed by atoms with Gasteiger partial charge in [0.25, 0.3) is 0 Å². The molecule has 2 aromatic rings. The Labute approximate surface area is 100 Å². The summed E-state index contributed by atoms with van der Waals surface area (Å²) < 4.78 is 4.87. The Balaban J connectivity index is 0.000000202. The van der Waals surface area contributed by atoms with Gasteiger partial charge < -0.3 is 9.84 Å². The molecule has 0 saturated heterocycles. The quantitative estimate of drug-likeness (QED) is 0.881. The third kappa shape index (κ3) is 6.73. The molecular formula is C14H14O3. The number of rotatable bonds is 3. The van der Waals surface area contributed by atoms with Crippen molar-refractivity contribution < 1.29 is 14.6 Å². The summed E-state index contributed by atoms with van der Waals surface area (Å²) in [5, 5.41) is 8.25. The van der Waals surface area contributed by atoms with Gasteiger partial charge in [0.1, 0.15) is 5.75 Å². The average Bonchev–Trinajstić information content (AvgIpc) is 2.40. The lowest BCUT2D eigenvalue weighted by Crippen LogP contribution is -2.09. The van der Waals surface area contributed by atoms with Crippen molar-refractivity contribution in [3.63, 3.8) is 0 Å². The van der Waals surface area contributed by atoms with Gasteiger partial charge >= 0.3 is 5.97 Å². The number of carbonyl (C=O) groups is 1. The maximum Gasteiger partial charge on any atom is 0.341 e. The van der Waals surface area contributed by atoms with Crippen molar-refractivity contribution in [2.75, 3.05) is 6.61 Å². The lowest BCUT2D eigenvalue weighted by atomic mass is 10.3. The highest BCUT2D eigenvalue weighted by Gasteiger charge is 1.96. The number of ether oxygens (including phenoxy) is 1. The van der Waals surface area contributed by atoms with Crippen LogP contribution in [0.4, 0.5) is 0 Å². The minimum absolute atomic E-state index is 0.288. The summed E-state index contributed by atoms with van der Waals surface area (Å²) in [6.07, 6.45) is 0. The number of para-hydroxylation sites is 1. The van der Waals surface area contributed by atoms with E-state index in [9.17, 15) is 4.79 Å². The fourth-order valence-electron chi connectivity index (χ4n) is 1.05. The Morgan fingerprint density at radius 2 is 1.29 bits per heavy atom. The van der Waals surface area contributed by atoms with Crippen LogP contribution in [0.25, 0.3) is 0 Å². The van der Waals surface area contributed by atoms with Crippen LogP contribution in [-0.2, 0) is 4.79 Å². The minimum Gasteiger partial charge on any atom is -0.482 e. The molecule has 1 N–H and O–H groups in total.